The molecule has 1 heterocycles. The van der Waals surface area contributed by atoms with Gasteiger partial charge in [-0.2, -0.15) is 0 Å². The molecule has 0 fully saturated rings. The first kappa shape index (κ1) is 21.2. The van der Waals surface area contributed by atoms with E-state index in [4.69, 9.17) is 9.47 Å². The fraction of sp³-hybridized carbons (Fsp3) is 0.381. The number of aromatic nitrogens is 1. The molecule has 2 aromatic rings. The third-order valence-corrected chi connectivity index (χ3v) is 3.73. The van der Waals surface area contributed by atoms with E-state index in [0.717, 1.165) is 5.69 Å². The molecule has 7 heteroatoms. The highest BCUT2D eigenvalue weighted by molar-refractivity contribution is 5.80. The van der Waals surface area contributed by atoms with Crippen LogP contribution in [-0.2, 0) is 20.8 Å². The number of methoxy groups -OCH3 is 1. The maximum Gasteiger partial charge on any atom is 0.410 e. The lowest BCUT2D eigenvalue weighted by molar-refractivity contribution is -0.141. The predicted molar refractivity (Wildman–Crippen MR) is 107 cm³/mol. The van der Waals surface area contributed by atoms with Gasteiger partial charge in [0.15, 0.2) is 0 Å². The van der Waals surface area contributed by atoms with E-state index < -0.39 is 23.7 Å². The summed E-state index contributed by atoms with van der Waals surface area (Å²) in [5.74, 6) is -0.474. The van der Waals surface area contributed by atoms with Gasteiger partial charge in [-0.25, -0.2) is 9.59 Å². The van der Waals surface area contributed by atoms with Crippen LogP contribution in [0.1, 0.15) is 26.5 Å². The number of ether oxygens (including phenoxy) is 2. The number of para-hydroxylation sites is 1. The van der Waals surface area contributed by atoms with E-state index in [0.29, 0.717) is 5.69 Å². The van der Waals surface area contributed by atoms with Crippen molar-refractivity contribution in [1.29, 1.82) is 0 Å². The van der Waals surface area contributed by atoms with Crippen molar-refractivity contribution in [2.75, 3.05) is 19.0 Å². The number of esters is 1. The molecule has 1 aromatic carbocycles. The molecule has 28 heavy (non-hydrogen) atoms. The Labute approximate surface area is 165 Å². The van der Waals surface area contributed by atoms with E-state index in [9.17, 15) is 9.59 Å². The van der Waals surface area contributed by atoms with Crippen LogP contribution in [0, 0.1) is 0 Å². The summed E-state index contributed by atoms with van der Waals surface area (Å²) < 4.78 is 10.4. The van der Waals surface area contributed by atoms with Crippen LogP contribution in [0.4, 0.5) is 10.5 Å². The molecule has 1 N–H and O–H groups in total. The van der Waals surface area contributed by atoms with E-state index in [2.05, 4.69) is 10.3 Å². The number of pyridine rings is 1. The van der Waals surface area contributed by atoms with Gasteiger partial charge in [-0.05, 0) is 45.0 Å². The third-order valence-electron chi connectivity index (χ3n) is 3.73. The highest BCUT2D eigenvalue weighted by Crippen LogP contribution is 2.15. The molecule has 0 aliphatic carbocycles. The first-order valence-corrected chi connectivity index (χ1v) is 9.06. The number of carbonyl (C=O) groups excluding carboxylic acids is 2. The average Bonchev–Trinajstić information content (AvgIpc) is 2.66. The lowest BCUT2D eigenvalue weighted by Gasteiger charge is -2.30. The van der Waals surface area contributed by atoms with E-state index in [1.807, 2.05) is 42.5 Å². The van der Waals surface area contributed by atoms with Gasteiger partial charge in [0.1, 0.15) is 11.6 Å². The van der Waals surface area contributed by atoms with Crippen LogP contribution in [-0.4, -0.2) is 47.2 Å². The van der Waals surface area contributed by atoms with Crippen molar-refractivity contribution in [3.63, 3.8) is 0 Å². The van der Waals surface area contributed by atoms with Gasteiger partial charge in [0.25, 0.3) is 0 Å². The maximum absolute atomic E-state index is 12.8. The fourth-order valence-corrected chi connectivity index (χ4v) is 2.49. The molecule has 0 unspecified atom stereocenters. The van der Waals surface area contributed by atoms with Crippen molar-refractivity contribution < 1.29 is 19.1 Å². The average molecular weight is 385 g/mol. The first-order valence-electron chi connectivity index (χ1n) is 9.06. The molecule has 1 aromatic heterocycles. The molecule has 0 saturated heterocycles. The van der Waals surface area contributed by atoms with Crippen LogP contribution in [0.2, 0.25) is 0 Å². The number of hydrogen-bond donors (Lipinski definition) is 1. The topological polar surface area (TPSA) is 80.8 Å². The molecular formula is C21H27N3O4. The van der Waals surface area contributed by atoms with Crippen LogP contribution in [0.5, 0.6) is 0 Å². The number of carbonyl (C=O) groups is 2. The van der Waals surface area contributed by atoms with Gasteiger partial charge in [-0.1, -0.05) is 24.3 Å². The molecule has 0 radical (unpaired) electrons. The highest BCUT2D eigenvalue weighted by atomic mass is 16.6. The Hall–Kier alpha value is -3.09. The van der Waals surface area contributed by atoms with Crippen molar-refractivity contribution in [1.82, 2.24) is 9.88 Å². The summed E-state index contributed by atoms with van der Waals surface area (Å²) in [4.78, 5) is 30.8. The summed E-state index contributed by atoms with van der Waals surface area (Å²) in [6, 6.07) is 14.0. The number of nitrogens with zero attached hydrogens (tertiary/aromatic N) is 2. The predicted octanol–water partition coefficient (Wildman–Crippen LogP) is 3.47. The zero-order valence-corrected chi connectivity index (χ0v) is 16.7. The number of nitrogens with one attached hydrogen (secondary N) is 1. The van der Waals surface area contributed by atoms with Crippen molar-refractivity contribution in [3.05, 3.63) is 60.4 Å². The largest absolute Gasteiger partial charge is 0.467 e. The smallest absolute Gasteiger partial charge is 0.410 e. The van der Waals surface area contributed by atoms with Crippen molar-refractivity contribution in [3.8, 4) is 0 Å². The maximum atomic E-state index is 12.8. The first-order chi connectivity index (χ1) is 13.3. The molecule has 0 aliphatic rings. The normalized spacial score (nSPS) is 12.0. The molecule has 0 bridgehead atoms. The minimum atomic E-state index is -0.761. The second kappa shape index (κ2) is 9.73. The number of anilines is 1. The van der Waals surface area contributed by atoms with Crippen molar-refractivity contribution in [2.45, 2.75) is 39.0 Å². The molecule has 0 aliphatic heterocycles. The van der Waals surface area contributed by atoms with E-state index in [-0.39, 0.29) is 13.1 Å². The Balaban J connectivity index is 2.22. The van der Waals surface area contributed by atoms with Crippen molar-refractivity contribution >= 4 is 17.7 Å². The number of hydrogen-bond acceptors (Lipinski definition) is 6. The Morgan fingerprint density at radius 2 is 1.79 bits per heavy atom. The minimum Gasteiger partial charge on any atom is -0.467 e. The Kier molecular flexibility index (Phi) is 7.37. The number of benzene rings is 1. The Bertz CT molecular complexity index is 760. The third kappa shape index (κ3) is 6.90. The number of rotatable bonds is 7. The fourth-order valence-electron chi connectivity index (χ4n) is 2.49. The standard InChI is InChI=1S/C21H27N3O4/c1-21(2,3)28-20(26)24(14-17-12-8-9-13-22-17)15-18(19(25)27-4)23-16-10-6-5-7-11-16/h5-13,18,23H,14-15H2,1-4H3/t18-/m0/s1. The second-order valence-electron chi connectivity index (χ2n) is 7.27. The van der Waals surface area contributed by atoms with Gasteiger partial charge in [0.05, 0.1) is 25.9 Å². The van der Waals surface area contributed by atoms with Gasteiger partial charge in [-0.3, -0.25) is 9.88 Å². The van der Waals surface area contributed by atoms with E-state index >= 15 is 0 Å². The molecular weight excluding hydrogens is 358 g/mol. The molecule has 2 rings (SSSR count). The molecule has 7 nitrogen and oxygen atoms in total. The molecule has 1 amide bonds. The molecule has 0 saturated carbocycles. The summed E-state index contributed by atoms with van der Waals surface area (Å²) in [7, 11) is 1.32. The van der Waals surface area contributed by atoms with Crippen LogP contribution in [0.3, 0.4) is 0 Å². The highest BCUT2D eigenvalue weighted by Gasteiger charge is 2.29. The van der Waals surface area contributed by atoms with Gasteiger partial charge in [0.2, 0.25) is 0 Å². The lowest BCUT2D eigenvalue weighted by Crippen LogP contribution is -2.46. The zero-order chi connectivity index (χ0) is 20.6. The number of amides is 1. The zero-order valence-electron chi connectivity index (χ0n) is 16.7. The monoisotopic (exact) mass is 385 g/mol. The van der Waals surface area contributed by atoms with Crippen LogP contribution >= 0.6 is 0 Å². The quantitative estimate of drug-likeness (QED) is 0.735. The van der Waals surface area contributed by atoms with Crippen LogP contribution in [0.15, 0.2) is 54.7 Å². The van der Waals surface area contributed by atoms with Crippen LogP contribution < -0.4 is 5.32 Å². The van der Waals surface area contributed by atoms with Gasteiger partial charge in [0, 0.05) is 11.9 Å². The summed E-state index contributed by atoms with van der Waals surface area (Å²) in [5, 5.41) is 3.12. The van der Waals surface area contributed by atoms with Gasteiger partial charge in [-0.15, -0.1) is 0 Å². The SMILES string of the molecule is COC(=O)[C@H](CN(Cc1ccccn1)C(=O)OC(C)(C)C)Nc1ccccc1. The molecule has 150 valence electrons. The van der Waals surface area contributed by atoms with E-state index in [1.165, 1.54) is 12.0 Å². The Morgan fingerprint density at radius 3 is 2.36 bits per heavy atom. The van der Waals surface area contributed by atoms with Gasteiger partial charge >= 0.3 is 12.1 Å². The van der Waals surface area contributed by atoms with Gasteiger partial charge < -0.3 is 14.8 Å². The molecule has 1 atom stereocenters. The van der Waals surface area contributed by atoms with E-state index in [1.54, 1.807) is 33.0 Å². The lowest BCUT2D eigenvalue weighted by atomic mass is 10.2. The minimum absolute atomic E-state index is 0.0626. The summed E-state index contributed by atoms with van der Waals surface area (Å²) in [6.07, 6.45) is 1.13. The van der Waals surface area contributed by atoms with Crippen LogP contribution in [0.25, 0.3) is 0 Å². The summed E-state index contributed by atoms with van der Waals surface area (Å²) in [6.45, 7) is 5.66. The van der Waals surface area contributed by atoms with Crippen molar-refractivity contribution in [2.24, 2.45) is 0 Å². The summed E-state index contributed by atoms with van der Waals surface area (Å²) in [5.41, 5.74) is 0.782. The second-order valence-corrected chi connectivity index (χ2v) is 7.27. The Morgan fingerprint density at radius 1 is 1.11 bits per heavy atom. The molecule has 0 spiro atoms. The summed E-state index contributed by atoms with van der Waals surface area (Å²) >= 11 is 0.